The van der Waals surface area contributed by atoms with Crippen LogP contribution in [-0.4, -0.2) is 61.8 Å². The van der Waals surface area contributed by atoms with Gasteiger partial charge in [-0.2, -0.15) is 0 Å². The number of rotatable bonds is 11. The molecule has 10 heteroatoms. The Morgan fingerprint density at radius 3 is 1.53 bits per heavy atom. The average Bonchev–Trinajstić information content (AvgIpc) is 2.78. The Labute approximate surface area is 219 Å². The zero-order chi connectivity index (χ0) is 28.9. The lowest BCUT2D eigenvalue weighted by molar-refractivity contribution is 0.0515. The number of hydrogen-bond donors (Lipinski definition) is 4. The summed E-state index contributed by atoms with van der Waals surface area (Å²) in [4.78, 5) is 28.4. The van der Waals surface area contributed by atoms with E-state index in [2.05, 4.69) is 26.9 Å². The number of nitrogens with one attached hydrogen (secondary N) is 2. The molecule has 0 saturated heterocycles. The molecule has 0 saturated carbocycles. The van der Waals surface area contributed by atoms with E-state index in [1.807, 2.05) is 41.5 Å². The summed E-state index contributed by atoms with van der Waals surface area (Å²) in [6, 6.07) is 0. The van der Waals surface area contributed by atoms with Crippen molar-refractivity contribution in [3.05, 3.63) is 35.6 Å². The molecule has 2 amide bonds. The molecule has 0 bridgehead atoms. The number of hydrogen-bond acceptors (Lipinski definition) is 6. The highest BCUT2D eigenvalue weighted by molar-refractivity contribution is 5.67. The molecule has 36 heavy (non-hydrogen) atoms. The van der Waals surface area contributed by atoms with Crippen LogP contribution in [0.2, 0.25) is 0 Å². The Morgan fingerprint density at radius 2 is 1.19 bits per heavy atom. The Bertz CT molecular complexity index is 614. The molecule has 5 N–H and O–H groups in total. The van der Waals surface area contributed by atoms with Gasteiger partial charge in [-0.25, -0.2) is 21.0 Å². The summed E-state index contributed by atoms with van der Waals surface area (Å²) < 4.78 is 10.2. The van der Waals surface area contributed by atoms with Crippen molar-refractivity contribution in [3.8, 4) is 0 Å². The van der Waals surface area contributed by atoms with E-state index in [1.54, 1.807) is 0 Å². The molecule has 0 aliphatic carbocycles. The minimum absolute atomic E-state index is 0.342. The van der Waals surface area contributed by atoms with Gasteiger partial charge in [0.2, 0.25) is 6.54 Å². The van der Waals surface area contributed by atoms with Gasteiger partial charge in [-0.1, -0.05) is 12.8 Å². The molecule has 0 aromatic heterocycles. The van der Waals surface area contributed by atoms with Gasteiger partial charge in [-0.05, 0) is 73.8 Å². The van der Waals surface area contributed by atoms with Gasteiger partial charge in [0.15, 0.2) is 0 Å². The molecule has 210 valence electrons. The van der Waals surface area contributed by atoms with Gasteiger partial charge in [-0.3, -0.25) is 0 Å². The van der Waals surface area contributed by atoms with E-state index >= 15 is 0 Å². The highest BCUT2D eigenvalue weighted by atomic mass is 16.6. The van der Waals surface area contributed by atoms with Gasteiger partial charge in [0, 0.05) is 26.6 Å². The van der Waals surface area contributed by atoms with Crippen LogP contribution in [0.25, 0.3) is 9.69 Å². The number of unbranched alkanes of at least 4 members (excludes halogenated alkanes) is 5. The summed E-state index contributed by atoms with van der Waals surface area (Å²) in [5.74, 6) is 0. The summed E-state index contributed by atoms with van der Waals surface area (Å²) in [6.07, 6.45) is 7.58. The predicted molar refractivity (Wildman–Crippen MR) is 146 cm³/mol. The maximum atomic E-state index is 11.3. The van der Waals surface area contributed by atoms with E-state index in [0.29, 0.717) is 26.2 Å². The summed E-state index contributed by atoms with van der Waals surface area (Å²) in [5.41, 5.74) is 4.46. The number of aliphatic hydroxyl groups is 1. The van der Waals surface area contributed by atoms with Crippen LogP contribution in [0.1, 0.15) is 86.5 Å². The van der Waals surface area contributed by atoms with E-state index in [4.69, 9.17) is 33.5 Å². The second-order valence-corrected chi connectivity index (χ2v) is 9.31. The first-order valence-corrected chi connectivity index (χ1v) is 12.2. The van der Waals surface area contributed by atoms with Crippen LogP contribution in [0, 0.1) is 13.1 Å². The quantitative estimate of drug-likeness (QED) is 0.219. The van der Waals surface area contributed by atoms with Crippen LogP contribution in [0.4, 0.5) is 9.59 Å². The van der Waals surface area contributed by atoms with Crippen molar-refractivity contribution >= 4 is 12.2 Å². The molecular formula is C26H51N5O5. The second-order valence-electron chi connectivity index (χ2n) is 9.31. The van der Waals surface area contributed by atoms with Gasteiger partial charge in [0.05, 0.1) is 6.57 Å². The number of carbonyl (C=O) groups excluding carboxylic acids is 2. The topological polar surface area (TPSA) is 132 Å². The van der Waals surface area contributed by atoms with E-state index in [9.17, 15) is 9.59 Å². The monoisotopic (exact) mass is 513 g/mol. The average molecular weight is 514 g/mol. The van der Waals surface area contributed by atoms with Gasteiger partial charge < -0.3 is 35.8 Å². The van der Waals surface area contributed by atoms with E-state index < -0.39 is 11.2 Å². The zero-order valence-corrected chi connectivity index (χ0v) is 23.6. The van der Waals surface area contributed by atoms with Crippen LogP contribution in [-0.2, 0) is 9.47 Å². The number of carbonyl (C=O) groups is 2. The van der Waals surface area contributed by atoms with Crippen molar-refractivity contribution in [2.45, 2.75) is 97.7 Å². The van der Waals surface area contributed by atoms with Crippen LogP contribution in [0.15, 0.2) is 12.8 Å². The smallest absolute Gasteiger partial charge is 0.407 e. The maximum Gasteiger partial charge on any atom is 0.407 e. The van der Waals surface area contributed by atoms with Crippen LogP contribution < -0.4 is 16.4 Å². The molecule has 0 atom stereocenters. The molecule has 0 aliphatic rings. The summed E-state index contributed by atoms with van der Waals surface area (Å²) in [7, 11) is 1.00. The fourth-order valence-electron chi connectivity index (χ4n) is 2.12. The molecular weight excluding hydrogens is 462 g/mol. The highest BCUT2D eigenvalue weighted by Crippen LogP contribution is 2.07. The Kier molecular flexibility index (Phi) is 31.9. The largest absolute Gasteiger partial charge is 0.444 e. The first-order valence-electron chi connectivity index (χ1n) is 12.2. The van der Waals surface area contributed by atoms with Crippen LogP contribution in [0.5, 0.6) is 0 Å². The molecule has 0 spiro atoms. The van der Waals surface area contributed by atoms with Crippen molar-refractivity contribution in [2.75, 3.05) is 33.3 Å². The van der Waals surface area contributed by atoms with Crippen molar-refractivity contribution in [2.24, 2.45) is 5.73 Å². The molecule has 0 aromatic rings. The zero-order valence-electron chi connectivity index (χ0n) is 23.6. The third-order valence-electron chi connectivity index (χ3n) is 3.51. The lowest BCUT2D eigenvalue weighted by Gasteiger charge is -2.19. The first-order chi connectivity index (χ1) is 16.8. The maximum absolute atomic E-state index is 11.3. The Balaban J connectivity index is -0.000000238. The molecule has 0 radical (unpaired) electrons. The number of amides is 2. The Hall–Kier alpha value is -2.82. The SMILES string of the molecule is CC(C)(C)OC(=O)NCCCCN.CO.[C-]#[N+]C=C.[C-]#[N+]CCCCCCCNC(=O)OC(C)(C)C. The Morgan fingerprint density at radius 1 is 0.833 bits per heavy atom. The number of ether oxygens (including phenoxy) is 2. The highest BCUT2D eigenvalue weighted by Gasteiger charge is 2.15. The lowest BCUT2D eigenvalue weighted by Crippen LogP contribution is -2.33. The molecule has 0 aliphatic heterocycles. The van der Waals surface area contributed by atoms with Gasteiger partial charge in [-0.15, -0.1) is 6.58 Å². The third kappa shape index (κ3) is 48.6. The fourth-order valence-corrected chi connectivity index (χ4v) is 2.12. The van der Waals surface area contributed by atoms with E-state index in [-0.39, 0.29) is 12.2 Å². The lowest BCUT2D eigenvalue weighted by atomic mass is 10.1. The summed E-state index contributed by atoms with van der Waals surface area (Å²) in [6.45, 7) is 29.4. The van der Waals surface area contributed by atoms with Crippen molar-refractivity contribution in [1.82, 2.24) is 10.6 Å². The predicted octanol–water partition coefficient (Wildman–Crippen LogP) is 5.29. The number of aliphatic hydroxyl groups excluding tert-OH is 1. The van der Waals surface area contributed by atoms with Gasteiger partial charge in [0.25, 0.3) is 0 Å². The fraction of sp³-hybridized carbons (Fsp3) is 0.769. The standard InChI is InChI=1S/C13H24N2O2.C9H20N2O2.C3H3N.CH4O/c1-13(2,3)17-12(16)15-11-9-7-5-6-8-10-14-4;1-9(2,3)13-8(12)11-7-5-4-6-10;1-3-4-2;1-2/h5-11H2,1-3H3,(H,15,16);4-7,10H2,1-3H3,(H,11,12);3H,1H2;2H,1H3. The summed E-state index contributed by atoms with van der Waals surface area (Å²) in [5, 5.41) is 12.4. The minimum Gasteiger partial charge on any atom is -0.444 e. The molecule has 0 rings (SSSR count). The summed E-state index contributed by atoms with van der Waals surface area (Å²) >= 11 is 0. The molecule has 0 heterocycles. The van der Waals surface area contributed by atoms with Crippen molar-refractivity contribution in [3.63, 3.8) is 0 Å². The number of nitrogens with two attached hydrogens (primary N) is 1. The van der Waals surface area contributed by atoms with Crippen LogP contribution in [0.3, 0.4) is 0 Å². The first kappa shape index (κ1) is 40.4. The van der Waals surface area contributed by atoms with Crippen molar-refractivity contribution < 1.29 is 24.2 Å². The van der Waals surface area contributed by atoms with E-state index in [1.165, 1.54) is 6.20 Å². The molecule has 10 nitrogen and oxygen atoms in total. The molecule has 0 aromatic carbocycles. The van der Waals surface area contributed by atoms with Gasteiger partial charge >= 0.3 is 12.2 Å². The molecule has 0 unspecified atom stereocenters. The second kappa shape index (κ2) is 28.4. The normalized spacial score (nSPS) is 9.64. The molecule has 0 fully saturated rings. The number of alkyl carbamates (subject to hydrolysis) is 2. The van der Waals surface area contributed by atoms with E-state index in [0.717, 1.165) is 52.1 Å². The van der Waals surface area contributed by atoms with Gasteiger partial charge in [0.1, 0.15) is 17.4 Å². The van der Waals surface area contributed by atoms with Crippen LogP contribution >= 0.6 is 0 Å². The minimum atomic E-state index is -0.427. The number of nitrogens with zero attached hydrogens (tertiary/aromatic N) is 2. The third-order valence-corrected chi connectivity index (χ3v) is 3.51. The van der Waals surface area contributed by atoms with Crippen molar-refractivity contribution in [1.29, 1.82) is 0 Å².